The van der Waals surface area contributed by atoms with Gasteiger partial charge >= 0.3 is 25.6 Å². The Balaban J connectivity index is 1.60. The Labute approximate surface area is 232 Å². The third-order valence-corrected chi connectivity index (χ3v) is 8.04. The molecule has 3 heterocycles. The molecule has 1 aromatic carbocycles. The molecule has 0 aliphatic carbocycles. The zero-order valence-corrected chi connectivity index (χ0v) is 23.6. The van der Waals surface area contributed by atoms with Gasteiger partial charge in [0.1, 0.15) is 35.4 Å². The van der Waals surface area contributed by atoms with Crippen LogP contribution in [0.3, 0.4) is 0 Å². The number of ether oxygens (including phenoxy) is 4. The molecule has 17 heteroatoms. The first kappa shape index (κ1) is 30.9. The minimum Gasteiger partial charge on any atom is -0.468 e. The normalized spacial score (nSPS) is 27.6. The second kappa shape index (κ2) is 11.0. The van der Waals surface area contributed by atoms with E-state index in [-0.39, 0.29) is 11.6 Å². The zero-order chi connectivity index (χ0) is 30.4. The monoisotopic (exact) mass is 606 g/mol. The summed E-state index contributed by atoms with van der Waals surface area (Å²) in [7, 11) is -3.36. The summed E-state index contributed by atoms with van der Waals surface area (Å²) in [5.74, 6) is -2.15. The smallest absolute Gasteiger partial charge is 0.459 e. The molecule has 0 radical (unpaired) electrons. The Kier molecular flexibility index (Phi) is 8.30. The number of nitrogens with two attached hydrogens (primary N) is 1. The van der Waals surface area contributed by atoms with E-state index >= 15 is 0 Å². The van der Waals surface area contributed by atoms with Gasteiger partial charge < -0.3 is 29.2 Å². The Morgan fingerprint density at radius 1 is 1.24 bits per heavy atom. The van der Waals surface area contributed by atoms with E-state index in [9.17, 15) is 27.3 Å². The molecule has 2 aliphatic rings. The molecule has 41 heavy (non-hydrogen) atoms. The summed E-state index contributed by atoms with van der Waals surface area (Å²) < 4.78 is 88.0. The average molecular weight is 606 g/mol. The number of carbonyl (C=O) groups is 1. The molecule has 2 aliphatic heterocycles. The van der Waals surface area contributed by atoms with Gasteiger partial charge in [-0.15, -0.1) is 0 Å². The van der Waals surface area contributed by atoms with Gasteiger partial charge in [-0.1, -0.05) is 0 Å². The number of halogens is 3. The summed E-state index contributed by atoms with van der Waals surface area (Å²) in [6.45, 7) is 5.83. The SMILES string of the molecule is COC(=O)[C@H](C)NP(=O)(OC[C@H]1O[C@@H](n2ccc(N)nc2=O)[C@]2(C)OC(C)(C)O[C@H]12)Oc1ccc(C(F)(F)F)cc1. The van der Waals surface area contributed by atoms with Crippen molar-refractivity contribution in [1.29, 1.82) is 0 Å². The van der Waals surface area contributed by atoms with Crippen molar-refractivity contribution in [1.82, 2.24) is 14.6 Å². The Bertz CT molecular complexity index is 1390. The van der Waals surface area contributed by atoms with Gasteiger partial charge in [-0.25, -0.2) is 9.36 Å². The molecule has 4 rings (SSSR count). The Morgan fingerprint density at radius 3 is 2.49 bits per heavy atom. The van der Waals surface area contributed by atoms with Crippen LogP contribution in [-0.2, 0) is 39.0 Å². The molecule has 226 valence electrons. The van der Waals surface area contributed by atoms with Crippen LogP contribution in [0.1, 0.15) is 39.5 Å². The summed E-state index contributed by atoms with van der Waals surface area (Å²) in [5, 5.41) is 2.41. The van der Waals surface area contributed by atoms with Gasteiger partial charge in [-0.05, 0) is 58.0 Å². The molecule has 0 spiro atoms. The van der Waals surface area contributed by atoms with Crippen LogP contribution >= 0.6 is 7.75 Å². The number of nitrogen functional groups attached to an aromatic ring is 1. The van der Waals surface area contributed by atoms with Gasteiger partial charge in [0.25, 0.3) is 0 Å². The number of anilines is 1. The van der Waals surface area contributed by atoms with Gasteiger partial charge in [0, 0.05) is 6.20 Å². The lowest BCUT2D eigenvalue weighted by Gasteiger charge is -2.30. The van der Waals surface area contributed by atoms with Crippen LogP contribution in [0.4, 0.5) is 19.0 Å². The van der Waals surface area contributed by atoms with Crippen LogP contribution in [0.2, 0.25) is 0 Å². The molecule has 1 aromatic heterocycles. The number of esters is 1. The Morgan fingerprint density at radius 2 is 1.90 bits per heavy atom. The van der Waals surface area contributed by atoms with Crippen molar-refractivity contribution >= 4 is 19.5 Å². The number of nitrogens with one attached hydrogen (secondary N) is 1. The lowest BCUT2D eigenvalue weighted by Crippen LogP contribution is -2.45. The third-order valence-electron chi connectivity index (χ3n) is 6.40. The van der Waals surface area contributed by atoms with Crippen LogP contribution in [0.25, 0.3) is 0 Å². The summed E-state index contributed by atoms with van der Waals surface area (Å²) >= 11 is 0. The predicted molar refractivity (Wildman–Crippen MR) is 136 cm³/mol. The van der Waals surface area contributed by atoms with Crippen LogP contribution in [-0.4, -0.2) is 58.9 Å². The fourth-order valence-corrected chi connectivity index (χ4v) is 6.19. The molecular weight excluding hydrogens is 576 g/mol. The van der Waals surface area contributed by atoms with Crippen molar-refractivity contribution in [3.8, 4) is 5.75 Å². The van der Waals surface area contributed by atoms with Crippen molar-refractivity contribution in [2.45, 2.75) is 69.7 Å². The van der Waals surface area contributed by atoms with E-state index in [1.807, 2.05) is 0 Å². The fraction of sp³-hybridized carbons (Fsp3) is 0.542. The molecule has 0 amide bonds. The lowest BCUT2D eigenvalue weighted by atomic mass is 9.96. The molecule has 6 atom stereocenters. The number of alkyl halides is 3. The summed E-state index contributed by atoms with van der Waals surface area (Å²) in [6, 6.07) is 3.59. The number of hydrogen-bond donors (Lipinski definition) is 2. The molecule has 13 nitrogen and oxygen atoms in total. The third kappa shape index (κ3) is 6.58. The second-order valence-corrected chi connectivity index (χ2v) is 11.8. The van der Waals surface area contributed by atoms with E-state index in [1.54, 1.807) is 20.8 Å². The van der Waals surface area contributed by atoms with Gasteiger partial charge in [0.15, 0.2) is 12.0 Å². The first-order valence-corrected chi connectivity index (χ1v) is 13.9. The highest BCUT2D eigenvalue weighted by molar-refractivity contribution is 7.52. The molecule has 2 aromatic rings. The van der Waals surface area contributed by atoms with Crippen LogP contribution in [0.15, 0.2) is 41.3 Å². The van der Waals surface area contributed by atoms with Crippen molar-refractivity contribution in [2.75, 3.05) is 19.5 Å². The van der Waals surface area contributed by atoms with Crippen molar-refractivity contribution < 1.29 is 50.5 Å². The number of hydrogen-bond acceptors (Lipinski definition) is 11. The minimum atomic E-state index is -4.60. The highest BCUT2D eigenvalue weighted by Crippen LogP contribution is 2.52. The van der Waals surface area contributed by atoms with E-state index in [4.69, 9.17) is 29.0 Å². The van der Waals surface area contributed by atoms with E-state index in [2.05, 4.69) is 14.8 Å². The minimum absolute atomic E-state index is 0.00177. The maximum atomic E-state index is 13.8. The van der Waals surface area contributed by atoms with Crippen molar-refractivity contribution in [3.05, 3.63) is 52.6 Å². The standard InChI is InChI=1S/C24H30F3N4O9P/c1-13(19(32)35-5)30-41(34,39-15-8-6-14(7-9-15)24(25,26)27)36-12-16-18-23(4,40-22(2,3)38-18)20(37-16)31-11-10-17(28)29-21(31)33/h6-11,13,16,18,20H,12H2,1-5H3,(H,30,34)(H2,28,29,33)/t13-,16+,18+,20+,23+,41?/m0/s1. The van der Waals surface area contributed by atoms with Crippen molar-refractivity contribution in [3.63, 3.8) is 0 Å². The van der Waals surface area contributed by atoms with Crippen LogP contribution in [0.5, 0.6) is 5.75 Å². The van der Waals surface area contributed by atoms with Crippen LogP contribution in [0, 0.1) is 0 Å². The average Bonchev–Trinajstić information content (AvgIpc) is 3.27. The van der Waals surface area contributed by atoms with Crippen molar-refractivity contribution in [2.24, 2.45) is 0 Å². The van der Waals surface area contributed by atoms with Crippen LogP contribution < -0.4 is 21.0 Å². The number of aromatic nitrogens is 2. The number of rotatable bonds is 9. The van der Waals surface area contributed by atoms with Gasteiger partial charge in [-0.2, -0.15) is 23.2 Å². The number of carbonyl (C=O) groups excluding carboxylic acids is 1. The number of fused-ring (bicyclic) bond motifs is 1. The molecule has 3 N–H and O–H groups in total. The second-order valence-electron chi connectivity index (χ2n) is 10.1. The fourth-order valence-electron chi connectivity index (χ4n) is 4.69. The highest BCUT2D eigenvalue weighted by atomic mass is 31.2. The molecule has 2 fully saturated rings. The molecular formula is C24H30F3N4O9P. The molecule has 1 unspecified atom stereocenters. The number of nitrogens with zero attached hydrogens (tertiary/aromatic N) is 2. The highest BCUT2D eigenvalue weighted by Gasteiger charge is 2.64. The topological polar surface area (TPSA) is 162 Å². The zero-order valence-electron chi connectivity index (χ0n) is 22.7. The van der Waals surface area contributed by atoms with Gasteiger partial charge in [0.05, 0.1) is 19.3 Å². The van der Waals surface area contributed by atoms with Gasteiger partial charge in [-0.3, -0.25) is 13.9 Å². The predicted octanol–water partition coefficient (Wildman–Crippen LogP) is 3.01. The van der Waals surface area contributed by atoms with E-state index in [0.29, 0.717) is 0 Å². The maximum absolute atomic E-state index is 13.8. The summed E-state index contributed by atoms with van der Waals surface area (Å²) in [4.78, 5) is 28.4. The Hall–Kier alpha value is -3.01. The summed E-state index contributed by atoms with van der Waals surface area (Å²) in [5.41, 5.74) is 2.71. The first-order chi connectivity index (χ1) is 19.0. The van der Waals surface area contributed by atoms with E-state index in [1.165, 1.54) is 23.8 Å². The molecule has 0 bridgehead atoms. The lowest BCUT2D eigenvalue weighted by molar-refractivity contribution is -0.217. The molecule has 2 saturated heterocycles. The van der Waals surface area contributed by atoms with E-state index in [0.717, 1.165) is 31.4 Å². The quantitative estimate of drug-likeness (QED) is 0.318. The largest absolute Gasteiger partial charge is 0.468 e. The van der Waals surface area contributed by atoms with E-state index < -0.39 is 73.6 Å². The number of methoxy groups -OCH3 is 1. The first-order valence-electron chi connectivity index (χ1n) is 12.3. The maximum Gasteiger partial charge on any atom is 0.459 e. The molecule has 0 saturated carbocycles. The number of benzene rings is 1. The summed E-state index contributed by atoms with van der Waals surface area (Å²) in [6.07, 6.45) is -6.15. The van der Waals surface area contributed by atoms with Gasteiger partial charge in [0.2, 0.25) is 0 Å².